The Morgan fingerprint density at radius 1 is 1.47 bits per heavy atom. The molecular formula is C11H15BrN2O. The number of ether oxygens (including phenoxy) is 1. The van der Waals surface area contributed by atoms with Gasteiger partial charge in [0.15, 0.2) is 0 Å². The summed E-state index contributed by atoms with van der Waals surface area (Å²) in [6.45, 7) is 3.86. The molecule has 0 spiro atoms. The lowest BCUT2D eigenvalue weighted by Gasteiger charge is -2.32. The van der Waals surface area contributed by atoms with Gasteiger partial charge in [-0.15, -0.1) is 0 Å². The third-order valence-corrected chi connectivity index (χ3v) is 3.27. The van der Waals surface area contributed by atoms with Gasteiger partial charge >= 0.3 is 0 Å². The maximum Gasteiger partial charge on any atom is 0.0799 e. The highest BCUT2D eigenvalue weighted by Crippen LogP contribution is 2.11. The van der Waals surface area contributed by atoms with Crippen LogP contribution in [0.4, 0.5) is 0 Å². The number of alkyl halides is 1. The van der Waals surface area contributed by atoms with Gasteiger partial charge in [-0.05, 0) is 17.7 Å². The summed E-state index contributed by atoms with van der Waals surface area (Å²) < 4.78 is 5.59. The molecule has 4 heteroatoms. The largest absolute Gasteiger partial charge is 0.375 e. The smallest absolute Gasteiger partial charge is 0.0799 e. The van der Waals surface area contributed by atoms with E-state index < -0.39 is 0 Å². The topological polar surface area (TPSA) is 25.4 Å². The molecule has 0 saturated carbocycles. The summed E-state index contributed by atoms with van der Waals surface area (Å²) in [5.74, 6) is 0. The van der Waals surface area contributed by atoms with E-state index in [0.29, 0.717) is 6.10 Å². The van der Waals surface area contributed by atoms with Crippen LogP contribution in [-0.4, -0.2) is 41.0 Å². The fraction of sp³-hybridized carbons (Fsp3) is 0.545. The van der Waals surface area contributed by atoms with E-state index in [9.17, 15) is 0 Å². The van der Waals surface area contributed by atoms with Crippen LogP contribution in [0, 0.1) is 0 Å². The Labute approximate surface area is 98.6 Å². The van der Waals surface area contributed by atoms with Crippen LogP contribution in [0.5, 0.6) is 0 Å². The van der Waals surface area contributed by atoms with E-state index in [2.05, 4.69) is 37.9 Å². The molecule has 1 aliphatic heterocycles. The summed E-state index contributed by atoms with van der Waals surface area (Å²) >= 11 is 3.46. The first-order valence-corrected chi connectivity index (χ1v) is 6.29. The van der Waals surface area contributed by atoms with Crippen LogP contribution < -0.4 is 0 Å². The van der Waals surface area contributed by atoms with Crippen molar-refractivity contribution in [3.63, 3.8) is 0 Å². The standard InChI is InChI=1S/C11H15BrN2O/c12-7-11-9-14(5-6-15-11)8-10-1-3-13-4-2-10/h1-4,11H,5-9H2. The number of nitrogens with zero attached hydrogens (tertiary/aromatic N) is 2. The maximum atomic E-state index is 5.59. The molecule has 0 bridgehead atoms. The van der Waals surface area contributed by atoms with Crippen molar-refractivity contribution in [3.8, 4) is 0 Å². The van der Waals surface area contributed by atoms with Crippen LogP contribution in [0.15, 0.2) is 24.5 Å². The molecule has 1 unspecified atom stereocenters. The van der Waals surface area contributed by atoms with E-state index in [1.54, 1.807) is 0 Å². The van der Waals surface area contributed by atoms with E-state index in [4.69, 9.17) is 4.74 Å². The van der Waals surface area contributed by atoms with E-state index >= 15 is 0 Å². The van der Waals surface area contributed by atoms with Crippen molar-refractivity contribution in [3.05, 3.63) is 30.1 Å². The number of hydrogen-bond donors (Lipinski definition) is 0. The van der Waals surface area contributed by atoms with Gasteiger partial charge < -0.3 is 4.74 Å². The molecule has 0 N–H and O–H groups in total. The van der Waals surface area contributed by atoms with Crippen LogP contribution in [0.25, 0.3) is 0 Å². The van der Waals surface area contributed by atoms with Gasteiger partial charge in [-0.1, -0.05) is 15.9 Å². The zero-order chi connectivity index (χ0) is 10.5. The van der Waals surface area contributed by atoms with Crippen molar-refractivity contribution < 1.29 is 4.74 Å². The zero-order valence-electron chi connectivity index (χ0n) is 8.60. The Balaban J connectivity index is 1.89. The zero-order valence-corrected chi connectivity index (χ0v) is 10.2. The molecule has 0 amide bonds. The lowest BCUT2D eigenvalue weighted by atomic mass is 10.2. The molecule has 1 atom stereocenters. The summed E-state index contributed by atoms with van der Waals surface area (Å²) in [7, 11) is 0. The van der Waals surface area contributed by atoms with Crippen LogP contribution >= 0.6 is 15.9 Å². The van der Waals surface area contributed by atoms with Gasteiger partial charge in [-0.3, -0.25) is 9.88 Å². The predicted molar refractivity (Wildman–Crippen MR) is 63.0 cm³/mol. The van der Waals surface area contributed by atoms with Crippen molar-refractivity contribution in [2.45, 2.75) is 12.6 Å². The van der Waals surface area contributed by atoms with Gasteiger partial charge in [-0.2, -0.15) is 0 Å². The molecule has 2 rings (SSSR count). The van der Waals surface area contributed by atoms with Gasteiger partial charge in [-0.25, -0.2) is 0 Å². The second-order valence-corrected chi connectivity index (χ2v) is 4.39. The fourth-order valence-corrected chi connectivity index (χ4v) is 2.16. The third-order valence-electron chi connectivity index (χ3n) is 2.55. The highest BCUT2D eigenvalue weighted by Gasteiger charge is 2.19. The molecule has 82 valence electrons. The average Bonchev–Trinajstić information content (AvgIpc) is 2.31. The SMILES string of the molecule is BrCC1CN(Cc2ccncc2)CCO1. The van der Waals surface area contributed by atoms with Gasteiger partial charge in [0.25, 0.3) is 0 Å². The molecule has 3 nitrogen and oxygen atoms in total. The summed E-state index contributed by atoms with van der Waals surface area (Å²) in [5.41, 5.74) is 1.32. The molecule has 0 aromatic carbocycles. The van der Waals surface area contributed by atoms with Gasteiger partial charge in [0.2, 0.25) is 0 Å². The van der Waals surface area contributed by atoms with Gasteiger partial charge in [0.1, 0.15) is 0 Å². The van der Waals surface area contributed by atoms with Crippen molar-refractivity contribution in [2.24, 2.45) is 0 Å². The Bertz CT molecular complexity index is 294. The normalized spacial score (nSPS) is 22.9. The van der Waals surface area contributed by atoms with Gasteiger partial charge in [0, 0.05) is 37.4 Å². The molecule has 1 saturated heterocycles. The highest BCUT2D eigenvalue weighted by atomic mass is 79.9. The predicted octanol–water partition coefficient (Wildman–Crippen LogP) is 1.68. The lowest BCUT2D eigenvalue weighted by molar-refractivity contribution is -0.0181. The molecule has 1 fully saturated rings. The molecule has 0 radical (unpaired) electrons. The van der Waals surface area contributed by atoms with Crippen molar-refractivity contribution >= 4 is 15.9 Å². The number of halogens is 1. The number of hydrogen-bond acceptors (Lipinski definition) is 3. The van der Waals surface area contributed by atoms with E-state index in [-0.39, 0.29) is 0 Å². The number of pyridine rings is 1. The van der Waals surface area contributed by atoms with Crippen LogP contribution in [-0.2, 0) is 11.3 Å². The monoisotopic (exact) mass is 270 g/mol. The lowest BCUT2D eigenvalue weighted by Crippen LogP contribution is -2.42. The van der Waals surface area contributed by atoms with Gasteiger partial charge in [0.05, 0.1) is 12.7 Å². The Morgan fingerprint density at radius 2 is 2.27 bits per heavy atom. The van der Waals surface area contributed by atoms with Crippen LogP contribution in [0.2, 0.25) is 0 Å². The summed E-state index contributed by atoms with van der Waals surface area (Å²) in [6, 6.07) is 4.14. The Hall–Kier alpha value is -0.450. The second-order valence-electron chi connectivity index (χ2n) is 3.74. The van der Waals surface area contributed by atoms with E-state index in [0.717, 1.165) is 31.6 Å². The summed E-state index contributed by atoms with van der Waals surface area (Å²) in [5, 5.41) is 0.917. The van der Waals surface area contributed by atoms with Crippen LogP contribution in [0.3, 0.4) is 0 Å². The fourth-order valence-electron chi connectivity index (χ4n) is 1.76. The molecule has 0 aliphatic carbocycles. The number of morpholine rings is 1. The number of aromatic nitrogens is 1. The minimum absolute atomic E-state index is 0.334. The minimum atomic E-state index is 0.334. The van der Waals surface area contributed by atoms with Crippen molar-refractivity contribution in [1.29, 1.82) is 0 Å². The summed E-state index contributed by atoms with van der Waals surface area (Å²) in [4.78, 5) is 6.44. The quantitative estimate of drug-likeness (QED) is 0.782. The maximum absolute atomic E-state index is 5.59. The Morgan fingerprint density at radius 3 is 3.00 bits per heavy atom. The van der Waals surface area contributed by atoms with E-state index in [1.165, 1.54) is 5.56 Å². The van der Waals surface area contributed by atoms with Crippen molar-refractivity contribution in [1.82, 2.24) is 9.88 Å². The molecule has 15 heavy (non-hydrogen) atoms. The highest BCUT2D eigenvalue weighted by molar-refractivity contribution is 9.09. The third kappa shape index (κ3) is 3.26. The number of rotatable bonds is 3. The first-order valence-electron chi connectivity index (χ1n) is 5.17. The molecule has 1 aromatic heterocycles. The minimum Gasteiger partial charge on any atom is -0.375 e. The summed E-state index contributed by atoms with van der Waals surface area (Å²) in [6.07, 6.45) is 4.02. The molecular weight excluding hydrogens is 256 g/mol. The first kappa shape index (κ1) is 11.0. The molecule has 1 aliphatic rings. The molecule has 2 heterocycles. The second kappa shape index (κ2) is 5.58. The van der Waals surface area contributed by atoms with Crippen molar-refractivity contribution in [2.75, 3.05) is 25.0 Å². The average molecular weight is 271 g/mol. The van der Waals surface area contributed by atoms with E-state index in [1.807, 2.05) is 12.4 Å². The molecule has 1 aromatic rings. The van der Waals surface area contributed by atoms with Crippen LogP contribution in [0.1, 0.15) is 5.56 Å². The first-order chi connectivity index (χ1) is 7.38. The Kier molecular flexibility index (Phi) is 4.11.